The third kappa shape index (κ3) is 4.07. The quantitative estimate of drug-likeness (QED) is 0.806. The van der Waals surface area contributed by atoms with Crippen molar-refractivity contribution in [3.63, 3.8) is 0 Å². The van der Waals surface area contributed by atoms with E-state index >= 15 is 0 Å². The highest BCUT2D eigenvalue weighted by Crippen LogP contribution is 2.37. The van der Waals surface area contributed by atoms with Crippen LogP contribution in [0.1, 0.15) is 17.5 Å². The van der Waals surface area contributed by atoms with Gasteiger partial charge in [-0.2, -0.15) is 0 Å². The van der Waals surface area contributed by atoms with Crippen molar-refractivity contribution in [2.75, 3.05) is 18.8 Å². The van der Waals surface area contributed by atoms with Crippen molar-refractivity contribution >= 4 is 15.7 Å². The van der Waals surface area contributed by atoms with Gasteiger partial charge < -0.3 is 5.32 Å². The van der Waals surface area contributed by atoms with E-state index in [0.29, 0.717) is 32.6 Å². The molecule has 2 aliphatic heterocycles. The first-order chi connectivity index (χ1) is 13.5. The van der Waals surface area contributed by atoms with Gasteiger partial charge in [-0.25, -0.2) is 8.42 Å². The predicted octanol–water partition coefficient (Wildman–Crippen LogP) is 1.03. The SMILES string of the molecule is O=C(NCc1cccnc1)[C@@H]1CCS(=O)(=O)[C@@H]2CN(Cc3cccnc3)C[C@@H]21. The topological polar surface area (TPSA) is 92.3 Å². The minimum Gasteiger partial charge on any atom is -0.352 e. The number of carbonyl (C=O) groups is 1. The van der Waals surface area contributed by atoms with E-state index in [1.807, 2.05) is 24.3 Å². The standard InChI is InChI=1S/C20H24N4O3S/c25-20(23-11-15-3-1-6-21-9-15)17-5-8-28(26,27)19-14-24(13-18(17)19)12-16-4-2-7-22-10-16/h1-4,6-7,9-10,17-19H,5,8,11-14H2,(H,23,25)/t17-,18-,19-/m1/s1. The van der Waals surface area contributed by atoms with Gasteiger partial charge in [-0.05, 0) is 29.7 Å². The number of sulfone groups is 1. The Morgan fingerprint density at radius 2 is 1.82 bits per heavy atom. The Bertz CT molecular complexity index is 921. The molecule has 4 heterocycles. The molecule has 1 amide bonds. The summed E-state index contributed by atoms with van der Waals surface area (Å²) in [5, 5.41) is 2.51. The van der Waals surface area contributed by atoms with Crippen molar-refractivity contribution in [2.45, 2.75) is 24.8 Å². The molecule has 2 aliphatic rings. The number of hydrogen-bond acceptors (Lipinski definition) is 6. The lowest BCUT2D eigenvalue weighted by Crippen LogP contribution is -2.47. The third-order valence-electron chi connectivity index (χ3n) is 5.73. The van der Waals surface area contributed by atoms with Gasteiger partial charge in [-0.1, -0.05) is 12.1 Å². The fourth-order valence-corrected chi connectivity index (χ4v) is 6.46. The lowest BCUT2D eigenvalue weighted by molar-refractivity contribution is -0.126. The zero-order valence-corrected chi connectivity index (χ0v) is 16.4. The number of likely N-dealkylation sites (tertiary alicyclic amines) is 1. The van der Waals surface area contributed by atoms with Gasteiger partial charge in [0.25, 0.3) is 0 Å². The highest BCUT2D eigenvalue weighted by atomic mass is 32.2. The van der Waals surface area contributed by atoms with Crippen molar-refractivity contribution < 1.29 is 13.2 Å². The normalized spacial score (nSPS) is 26.5. The molecule has 0 spiro atoms. The first-order valence-corrected chi connectivity index (χ1v) is 11.2. The number of pyridine rings is 2. The molecule has 28 heavy (non-hydrogen) atoms. The molecule has 0 aromatic carbocycles. The Labute approximate surface area is 165 Å². The highest BCUT2D eigenvalue weighted by molar-refractivity contribution is 7.92. The zero-order chi connectivity index (χ0) is 19.6. The van der Waals surface area contributed by atoms with Gasteiger partial charge in [-0.3, -0.25) is 19.7 Å². The summed E-state index contributed by atoms with van der Waals surface area (Å²) in [6.07, 6.45) is 7.33. The summed E-state index contributed by atoms with van der Waals surface area (Å²) in [6, 6.07) is 7.61. The van der Waals surface area contributed by atoms with Crippen LogP contribution in [0.4, 0.5) is 0 Å². The van der Waals surface area contributed by atoms with Gasteiger partial charge in [-0.15, -0.1) is 0 Å². The number of nitrogens with one attached hydrogen (secondary N) is 1. The number of aromatic nitrogens is 2. The molecule has 2 aromatic rings. The van der Waals surface area contributed by atoms with E-state index in [1.54, 1.807) is 24.8 Å². The highest BCUT2D eigenvalue weighted by Gasteiger charge is 2.50. The van der Waals surface area contributed by atoms with E-state index < -0.39 is 15.1 Å². The Morgan fingerprint density at radius 1 is 1.11 bits per heavy atom. The molecule has 2 fully saturated rings. The van der Waals surface area contributed by atoms with Crippen LogP contribution < -0.4 is 5.32 Å². The largest absolute Gasteiger partial charge is 0.352 e. The molecular formula is C20H24N4O3S. The summed E-state index contributed by atoms with van der Waals surface area (Å²) < 4.78 is 25.3. The number of carbonyl (C=O) groups excluding carboxylic acids is 1. The lowest BCUT2D eigenvalue weighted by Gasteiger charge is -2.31. The second kappa shape index (κ2) is 7.97. The van der Waals surface area contributed by atoms with Gasteiger partial charge in [0.1, 0.15) is 0 Å². The van der Waals surface area contributed by atoms with E-state index in [2.05, 4.69) is 20.2 Å². The van der Waals surface area contributed by atoms with Crippen LogP contribution in [0.5, 0.6) is 0 Å². The van der Waals surface area contributed by atoms with Gasteiger partial charge in [0.05, 0.1) is 11.0 Å². The maximum absolute atomic E-state index is 12.8. The fourth-order valence-electron chi connectivity index (χ4n) is 4.33. The summed E-state index contributed by atoms with van der Waals surface area (Å²) in [7, 11) is -3.17. The van der Waals surface area contributed by atoms with Crippen LogP contribution in [-0.2, 0) is 27.7 Å². The zero-order valence-electron chi connectivity index (χ0n) is 15.6. The first kappa shape index (κ1) is 19.0. The summed E-state index contributed by atoms with van der Waals surface area (Å²) in [6.45, 7) is 2.16. The van der Waals surface area contributed by atoms with Crippen molar-refractivity contribution in [1.29, 1.82) is 0 Å². The maximum atomic E-state index is 12.8. The van der Waals surface area contributed by atoms with Gasteiger partial charge >= 0.3 is 0 Å². The molecule has 1 N–H and O–H groups in total. The summed E-state index contributed by atoms with van der Waals surface area (Å²) in [5.74, 6) is -0.412. The summed E-state index contributed by atoms with van der Waals surface area (Å²) in [4.78, 5) is 23.2. The van der Waals surface area contributed by atoms with E-state index in [-0.39, 0.29) is 23.5 Å². The average molecular weight is 401 g/mol. The molecule has 0 saturated carbocycles. The van der Waals surface area contributed by atoms with Crippen LogP contribution in [0.15, 0.2) is 49.1 Å². The minimum absolute atomic E-state index is 0.0584. The molecule has 0 aliphatic carbocycles. The molecule has 0 unspecified atom stereocenters. The first-order valence-electron chi connectivity index (χ1n) is 9.52. The molecule has 8 heteroatoms. The molecule has 4 rings (SSSR count). The van der Waals surface area contributed by atoms with Crippen LogP contribution in [0.2, 0.25) is 0 Å². The van der Waals surface area contributed by atoms with Crippen molar-refractivity contribution in [2.24, 2.45) is 11.8 Å². The van der Waals surface area contributed by atoms with Gasteiger partial charge in [0, 0.05) is 62.8 Å². The van der Waals surface area contributed by atoms with Gasteiger partial charge in [0.2, 0.25) is 5.91 Å². The Kier molecular flexibility index (Phi) is 5.41. The lowest BCUT2D eigenvalue weighted by atomic mass is 9.87. The monoisotopic (exact) mass is 400 g/mol. The van der Waals surface area contributed by atoms with Gasteiger partial charge in [0.15, 0.2) is 9.84 Å². The average Bonchev–Trinajstić information content (AvgIpc) is 3.13. The second-order valence-electron chi connectivity index (χ2n) is 7.60. The van der Waals surface area contributed by atoms with E-state index in [4.69, 9.17) is 0 Å². The van der Waals surface area contributed by atoms with E-state index in [9.17, 15) is 13.2 Å². The van der Waals surface area contributed by atoms with Crippen molar-refractivity contribution in [1.82, 2.24) is 20.2 Å². The number of fused-ring (bicyclic) bond motifs is 1. The van der Waals surface area contributed by atoms with Crippen molar-refractivity contribution in [3.8, 4) is 0 Å². The van der Waals surface area contributed by atoms with Crippen LogP contribution in [0.25, 0.3) is 0 Å². The van der Waals surface area contributed by atoms with Crippen LogP contribution in [-0.4, -0.2) is 53.3 Å². The minimum atomic E-state index is -3.17. The molecule has 2 saturated heterocycles. The molecule has 7 nitrogen and oxygen atoms in total. The predicted molar refractivity (Wildman–Crippen MR) is 105 cm³/mol. The van der Waals surface area contributed by atoms with Crippen LogP contribution in [0, 0.1) is 11.8 Å². The Morgan fingerprint density at radius 3 is 2.50 bits per heavy atom. The smallest absolute Gasteiger partial charge is 0.223 e. The number of hydrogen-bond donors (Lipinski definition) is 1. The summed E-state index contributed by atoms with van der Waals surface area (Å²) >= 11 is 0. The molecular weight excluding hydrogens is 376 g/mol. The molecule has 0 radical (unpaired) electrons. The molecule has 0 bridgehead atoms. The third-order valence-corrected chi connectivity index (χ3v) is 7.96. The fraction of sp³-hybridized carbons (Fsp3) is 0.450. The maximum Gasteiger partial charge on any atom is 0.223 e. The molecule has 3 atom stereocenters. The Hall–Kier alpha value is -2.32. The number of rotatable bonds is 5. The molecule has 2 aromatic heterocycles. The van der Waals surface area contributed by atoms with E-state index in [0.717, 1.165) is 11.1 Å². The van der Waals surface area contributed by atoms with E-state index in [1.165, 1.54) is 0 Å². The second-order valence-corrected chi connectivity index (χ2v) is 9.94. The number of amides is 1. The van der Waals surface area contributed by atoms with Crippen molar-refractivity contribution in [3.05, 3.63) is 60.2 Å². The number of nitrogens with zero attached hydrogens (tertiary/aromatic N) is 3. The van der Waals surface area contributed by atoms with Crippen LogP contribution in [0.3, 0.4) is 0 Å². The molecule has 148 valence electrons. The van der Waals surface area contributed by atoms with Crippen LogP contribution >= 0.6 is 0 Å². The summed E-state index contributed by atoms with van der Waals surface area (Å²) in [5.41, 5.74) is 1.98. The Balaban J connectivity index is 1.45.